The molecule has 1 rings (SSSR count). The molecule has 0 amide bonds. The summed E-state index contributed by atoms with van der Waals surface area (Å²) in [4.78, 5) is 0. The first kappa shape index (κ1) is 14.2. The van der Waals surface area contributed by atoms with Crippen molar-refractivity contribution in [3.05, 3.63) is 24.3 Å². The van der Waals surface area contributed by atoms with E-state index in [2.05, 4.69) is 30.6 Å². The molecule has 0 saturated carbocycles. The van der Waals surface area contributed by atoms with Gasteiger partial charge in [0, 0.05) is 18.3 Å². The van der Waals surface area contributed by atoms with Crippen LogP contribution in [-0.4, -0.2) is 25.2 Å². The van der Waals surface area contributed by atoms with Crippen LogP contribution < -0.4 is 10.1 Å². The molecule has 0 saturated heterocycles. The zero-order valence-corrected chi connectivity index (χ0v) is 11.7. The quantitative estimate of drug-likeness (QED) is 0.671. The van der Waals surface area contributed by atoms with Crippen molar-refractivity contribution in [3.63, 3.8) is 0 Å². The van der Waals surface area contributed by atoms with Gasteiger partial charge < -0.3 is 10.1 Å². The summed E-state index contributed by atoms with van der Waals surface area (Å²) in [7, 11) is 0. The first-order valence-electron chi connectivity index (χ1n) is 6.32. The third kappa shape index (κ3) is 6.47. The van der Waals surface area contributed by atoms with Crippen LogP contribution in [-0.2, 0) is 0 Å². The molecule has 0 aliphatic carbocycles. The topological polar surface area (TPSA) is 21.3 Å². The molecule has 17 heavy (non-hydrogen) atoms. The molecule has 0 heterocycles. The summed E-state index contributed by atoms with van der Waals surface area (Å²) in [5.41, 5.74) is 1.16. The van der Waals surface area contributed by atoms with Gasteiger partial charge >= 0.3 is 0 Å². The van der Waals surface area contributed by atoms with Crippen LogP contribution in [0.25, 0.3) is 0 Å². The molecule has 0 spiro atoms. The van der Waals surface area contributed by atoms with E-state index in [-0.39, 0.29) is 0 Å². The van der Waals surface area contributed by atoms with Crippen molar-refractivity contribution in [2.45, 2.75) is 26.2 Å². The van der Waals surface area contributed by atoms with Gasteiger partial charge in [-0.25, -0.2) is 0 Å². The first-order valence-corrected chi connectivity index (χ1v) is 7.72. The van der Waals surface area contributed by atoms with Gasteiger partial charge in [-0.2, -0.15) is 11.8 Å². The molecule has 0 unspecified atom stereocenters. The van der Waals surface area contributed by atoms with Gasteiger partial charge in [-0.05, 0) is 43.4 Å². The molecule has 0 fully saturated rings. The Kier molecular flexibility index (Phi) is 7.72. The molecule has 0 aliphatic heterocycles. The highest BCUT2D eigenvalue weighted by atomic mass is 32.2. The zero-order valence-electron chi connectivity index (χ0n) is 10.9. The Labute approximate surface area is 109 Å². The fourth-order valence-corrected chi connectivity index (χ4v) is 2.01. The number of ether oxygens (including phenoxy) is 1. The number of rotatable bonds is 9. The normalized spacial score (nSPS) is 10.2. The van der Waals surface area contributed by atoms with Gasteiger partial charge in [-0.1, -0.05) is 13.0 Å². The Bertz CT molecular complexity index is 304. The highest BCUT2D eigenvalue weighted by Gasteiger charge is 1.96. The standard InChI is InChI=1S/C14H23NOS/c1-3-10-16-14-8-6-7-13(12-14)15-9-4-5-11-17-2/h6-8,12,15H,3-5,9-11H2,1-2H3. The summed E-state index contributed by atoms with van der Waals surface area (Å²) in [6, 6.07) is 8.21. The lowest BCUT2D eigenvalue weighted by molar-refractivity contribution is 0.317. The third-order valence-corrected chi connectivity index (χ3v) is 3.11. The summed E-state index contributed by atoms with van der Waals surface area (Å²) in [6.45, 7) is 3.95. The Morgan fingerprint density at radius 2 is 2.18 bits per heavy atom. The summed E-state index contributed by atoms with van der Waals surface area (Å²) < 4.78 is 5.60. The molecular formula is C14H23NOS. The van der Waals surface area contributed by atoms with E-state index in [0.717, 1.165) is 31.0 Å². The maximum atomic E-state index is 5.60. The molecule has 0 atom stereocenters. The van der Waals surface area contributed by atoms with Gasteiger partial charge in [0.15, 0.2) is 0 Å². The number of nitrogens with one attached hydrogen (secondary N) is 1. The fraction of sp³-hybridized carbons (Fsp3) is 0.571. The van der Waals surface area contributed by atoms with Crippen molar-refractivity contribution in [2.24, 2.45) is 0 Å². The minimum Gasteiger partial charge on any atom is -0.494 e. The van der Waals surface area contributed by atoms with Crippen LogP contribution in [0.15, 0.2) is 24.3 Å². The summed E-state index contributed by atoms with van der Waals surface area (Å²) in [5.74, 6) is 2.21. The average Bonchev–Trinajstić information content (AvgIpc) is 2.37. The summed E-state index contributed by atoms with van der Waals surface area (Å²) in [5, 5.41) is 3.43. The minimum atomic E-state index is 0.789. The predicted molar refractivity (Wildman–Crippen MR) is 78.3 cm³/mol. The lowest BCUT2D eigenvalue weighted by Crippen LogP contribution is -2.02. The number of hydrogen-bond donors (Lipinski definition) is 1. The second kappa shape index (κ2) is 9.23. The molecule has 2 nitrogen and oxygen atoms in total. The maximum absolute atomic E-state index is 5.60. The van der Waals surface area contributed by atoms with Crippen molar-refractivity contribution in [1.82, 2.24) is 0 Å². The van der Waals surface area contributed by atoms with Crippen LogP contribution in [0.5, 0.6) is 5.75 Å². The molecule has 3 heteroatoms. The lowest BCUT2D eigenvalue weighted by Gasteiger charge is -2.09. The number of thioether (sulfide) groups is 1. The number of benzene rings is 1. The van der Waals surface area contributed by atoms with Crippen LogP contribution in [0.4, 0.5) is 5.69 Å². The summed E-state index contributed by atoms with van der Waals surface area (Å²) >= 11 is 1.91. The fourth-order valence-electron chi connectivity index (χ4n) is 1.52. The molecule has 1 aromatic carbocycles. The van der Waals surface area contributed by atoms with Gasteiger partial charge in [-0.3, -0.25) is 0 Å². The SMILES string of the molecule is CCCOc1cccc(NCCCCSC)c1. The Hall–Kier alpha value is -0.830. The zero-order chi connectivity index (χ0) is 12.3. The van der Waals surface area contributed by atoms with E-state index >= 15 is 0 Å². The second-order valence-electron chi connectivity index (χ2n) is 4.00. The van der Waals surface area contributed by atoms with Crippen molar-refractivity contribution in [3.8, 4) is 5.75 Å². The Balaban J connectivity index is 2.27. The van der Waals surface area contributed by atoms with E-state index in [1.54, 1.807) is 0 Å². The van der Waals surface area contributed by atoms with E-state index in [4.69, 9.17) is 4.74 Å². The van der Waals surface area contributed by atoms with Crippen LogP contribution in [0.2, 0.25) is 0 Å². The Morgan fingerprint density at radius 1 is 1.29 bits per heavy atom. The van der Waals surface area contributed by atoms with Gasteiger partial charge in [-0.15, -0.1) is 0 Å². The molecule has 0 radical (unpaired) electrons. The molecular weight excluding hydrogens is 230 g/mol. The molecule has 0 aromatic heterocycles. The van der Waals surface area contributed by atoms with Gasteiger partial charge in [0.25, 0.3) is 0 Å². The van der Waals surface area contributed by atoms with Crippen molar-refractivity contribution in [2.75, 3.05) is 30.5 Å². The molecule has 96 valence electrons. The van der Waals surface area contributed by atoms with E-state index in [1.165, 1.54) is 18.6 Å². The van der Waals surface area contributed by atoms with Crippen molar-refractivity contribution in [1.29, 1.82) is 0 Å². The van der Waals surface area contributed by atoms with E-state index in [1.807, 2.05) is 23.9 Å². The van der Waals surface area contributed by atoms with Gasteiger partial charge in [0.1, 0.15) is 5.75 Å². The highest BCUT2D eigenvalue weighted by Crippen LogP contribution is 2.17. The predicted octanol–water partition coefficient (Wildman–Crippen LogP) is 4.03. The largest absolute Gasteiger partial charge is 0.494 e. The minimum absolute atomic E-state index is 0.789. The van der Waals surface area contributed by atoms with Crippen LogP contribution in [0, 0.1) is 0 Å². The van der Waals surface area contributed by atoms with Gasteiger partial charge in [0.2, 0.25) is 0 Å². The molecule has 0 bridgehead atoms. The van der Waals surface area contributed by atoms with E-state index in [9.17, 15) is 0 Å². The molecule has 1 N–H and O–H groups in total. The second-order valence-corrected chi connectivity index (χ2v) is 4.99. The average molecular weight is 253 g/mol. The monoisotopic (exact) mass is 253 g/mol. The van der Waals surface area contributed by atoms with E-state index in [0.29, 0.717) is 0 Å². The van der Waals surface area contributed by atoms with E-state index < -0.39 is 0 Å². The Morgan fingerprint density at radius 3 is 2.94 bits per heavy atom. The van der Waals surface area contributed by atoms with Crippen molar-refractivity contribution >= 4 is 17.4 Å². The lowest BCUT2D eigenvalue weighted by atomic mass is 10.3. The smallest absolute Gasteiger partial charge is 0.121 e. The van der Waals surface area contributed by atoms with Crippen LogP contribution >= 0.6 is 11.8 Å². The maximum Gasteiger partial charge on any atom is 0.121 e. The summed E-state index contributed by atoms with van der Waals surface area (Å²) in [6.07, 6.45) is 5.70. The first-order chi connectivity index (χ1) is 8.36. The number of unbranched alkanes of at least 4 members (excludes halogenated alkanes) is 1. The number of hydrogen-bond acceptors (Lipinski definition) is 3. The molecule has 0 aliphatic rings. The number of anilines is 1. The van der Waals surface area contributed by atoms with Gasteiger partial charge in [0.05, 0.1) is 6.61 Å². The van der Waals surface area contributed by atoms with Crippen LogP contribution in [0.1, 0.15) is 26.2 Å². The molecule has 1 aromatic rings. The van der Waals surface area contributed by atoms with Crippen molar-refractivity contribution < 1.29 is 4.74 Å². The van der Waals surface area contributed by atoms with Crippen LogP contribution in [0.3, 0.4) is 0 Å². The third-order valence-electron chi connectivity index (χ3n) is 2.41. The highest BCUT2D eigenvalue weighted by molar-refractivity contribution is 7.98.